The number of urea groups is 1. The summed E-state index contributed by atoms with van der Waals surface area (Å²) >= 11 is 5.70. The number of carbonyl (C=O) groups excluding carboxylic acids is 2. The average molecular weight is 388 g/mol. The number of nitrogens with one attached hydrogen (secondary N) is 3. The highest BCUT2D eigenvalue weighted by Gasteiger charge is 2.31. The Kier molecular flexibility index (Phi) is 5.93. The summed E-state index contributed by atoms with van der Waals surface area (Å²) in [5, 5.41) is 7.14. The summed E-state index contributed by atoms with van der Waals surface area (Å²) in [5.74, 6) is -2.05. The van der Waals surface area contributed by atoms with Crippen LogP contribution in [-0.4, -0.2) is 37.7 Å². The second-order valence-electron chi connectivity index (χ2n) is 6.55. The fourth-order valence-electron chi connectivity index (χ4n) is 3.29. The molecule has 3 N–H and O–H groups in total. The molecule has 26 heavy (non-hydrogen) atoms. The normalized spacial score (nSPS) is 23.9. The number of hydrogen-bond acceptors (Lipinski definition) is 3. The Hall–Kier alpha value is -1.93. The number of halogens is 3. The molecule has 0 spiro atoms. The van der Waals surface area contributed by atoms with Gasteiger partial charge in [0.2, 0.25) is 5.91 Å². The molecule has 0 unspecified atom stereocenters. The van der Waals surface area contributed by atoms with Gasteiger partial charge in [-0.3, -0.25) is 4.79 Å². The van der Waals surface area contributed by atoms with E-state index in [9.17, 15) is 18.4 Å². The first-order valence-corrected chi connectivity index (χ1v) is 8.89. The molecule has 3 amide bonds. The summed E-state index contributed by atoms with van der Waals surface area (Å²) in [6, 6.07) is 0.488. The van der Waals surface area contributed by atoms with Crippen LogP contribution in [0.4, 0.5) is 13.6 Å². The van der Waals surface area contributed by atoms with Gasteiger partial charge in [-0.15, -0.1) is 0 Å². The molecular weight excluding hydrogens is 368 g/mol. The summed E-state index contributed by atoms with van der Waals surface area (Å²) < 4.78 is 33.5. The van der Waals surface area contributed by atoms with E-state index in [0.29, 0.717) is 19.6 Å². The fourth-order valence-corrected chi connectivity index (χ4v) is 3.46. The molecule has 0 aromatic heterocycles. The topological polar surface area (TPSA) is 79.5 Å². The molecule has 2 aliphatic rings. The van der Waals surface area contributed by atoms with Gasteiger partial charge in [-0.2, -0.15) is 0 Å². The zero-order valence-corrected chi connectivity index (χ0v) is 14.7. The molecule has 2 aliphatic heterocycles. The fraction of sp³-hybridized carbons (Fsp3) is 0.529. The number of hydrogen-bond donors (Lipinski definition) is 3. The number of benzene rings is 1. The van der Waals surface area contributed by atoms with Crippen molar-refractivity contribution in [3.05, 3.63) is 34.4 Å². The quantitative estimate of drug-likeness (QED) is 0.678. The van der Waals surface area contributed by atoms with E-state index in [1.165, 1.54) is 6.07 Å². The monoisotopic (exact) mass is 387 g/mol. The number of rotatable bonds is 5. The first-order valence-electron chi connectivity index (χ1n) is 8.51. The second kappa shape index (κ2) is 8.18. The number of carbonyl (C=O) groups is 2. The molecule has 142 valence electrons. The highest BCUT2D eigenvalue weighted by atomic mass is 35.5. The van der Waals surface area contributed by atoms with E-state index in [-0.39, 0.29) is 18.0 Å². The van der Waals surface area contributed by atoms with Crippen LogP contribution in [-0.2, 0) is 9.53 Å². The van der Waals surface area contributed by atoms with Gasteiger partial charge in [-0.05, 0) is 31.2 Å². The number of ether oxygens (including phenoxy) is 1. The molecule has 6 nitrogen and oxygen atoms in total. The van der Waals surface area contributed by atoms with Crippen molar-refractivity contribution in [1.82, 2.24) is 16.0 Å². The van der Waals surface area contributed by atoms with Crippen molar-refractivity contribution < 1.29 is 23.1 Å². The van der Waals surface area contributed by atoms with Crippen LogP contribution in [0.15, 0.2) is 12.1 Å². The van der Waals surface area contributed by atoms with Crippen LogP contribution in [0.25, 0.3) is 0 Å². The molecule has 1 aromatic rings. The molecule has 9 heteroatoms. The van der Waals surface area contributed by atoms with E-state index in [1.807, 2.05) is 0 Å². The zero-order valence-electron chi connectivity index (χ0n) is 14.0. The smallest absolute Gasteiger partial charge is 0.315 e. The largest absolute Gasteiger partial charge is 0.381 e. The molecule has 0 bridgehead atoms. The summed E-state index contributed by atoms with van der Waals surface area (Å²) in [6.45, 7) is 1.35. The van der Waals surface area contributed by atoms with Gasteiger partial charge in [0.05, 0.1) is 6.04 Å². The minimum absolute atomic E-state index is 0.118. The Bertz CT molecular complexity index is 698. The van der Waals surface area contributed by atoms with Gasteiger partial charge in [0.25, 0.3) is 0 Å². The van der Waals surface area contributed by atoms with Crippen molar-refractivity contribution >= 4 is 23.5 Å². The van der Waals surface area contributed by atoms with E-state index in [2.05, 4.69) is 16.0 Å². The van der Waals surface area contributed by atoms with Gasteiger partial charge in [-0.25, -0.2) is 13.6 Å². The minimum atomic E-state index is -0.887. The summed E-state index contributed by atoms with van der Waals surface area (Å²) in [6.07, 6.45) is 2.21. The van der Waals surface area contributed by atoms with Crippen molar-refractivity contribution in [2.45, 2.75) is 31.3 Å². The van der Waals surface area contributed by atoms with Gasteiger partial charge in [0, 0.05) is 25.3 Å². The van der Waals surface area contributed by atoms with E-state index in [0.717, 1.165) is 18.9 Å². The second-order valence-corrected chi connectivity index (χ2v) is 6.93. The zero-order chi connectivity index (χ0) is 18.7. The molecule has 2 saturated heterocycles. The molecule has 2 fully saturated rings. The van der Waals surface area contributed by atoms with Crippen molar-refractivity contribution in [2.24, 2.45) is 5.92 Å². The lowest BCUT2D eigenvalue weighted by molar-refractivity contribution is -0.123. The van der Waals surface area contributed by atoms with Crippen LogP contribution in [0, 0.1) is 17.6 Å². The van der Waals surface area contributed by atoms with Crippen molar-refractivity contribution in [3.63, 3.8) is 0 Å². The van der Waals surface area contributed by atoms with E-state index in [1.54, 1.807) is 0 Å². The van der Waals surface area contributed by atoms with Crippen LogP contribution in [0.2, 0.25) is 5.02 Å². The van der Waals surface area contributed by atoms with Gasteiger partial charge < -0.3 is 20.7 Å². The predicted octanol–water partition coefficient (Wildman–Crippen LogP) is 2.27. The maximum Gasteiger partial charge on any atom is 0.315 e. The Balaban J connectivity index is 1.80. The Labute approximate surface area is 154 Å². The molecule has 0 aliphatic carbocycles. The standard InChI is InChI=1S/C17H20ClF2N3O3/c18-14-11(19)4-3-10(15(14)20)12(6-9-2-1-5-26-8-9)22-16(24)13-7-21-17(25)23-13/h3-4,9,12-13H,1-2,5-8H2,(H,22,24)(H2,21,23,25)/t9-,12+,13-/m0/s1. The summed E-state index contributed by atoms with van der Waals surface area (Å²) in [7, 11) is 0. The Morgan fingerprint density at radius 1 is 1.42 bits per heavy atom. The minimum Gasteiger partial charge on any atom is -0.381 e. The molecule has 0 radical (unpaired) electrons. The lowest BCUT2D eigenvalue weighted by Gasteiger charge is -2.28. The third-order valence-electron chi connectivity index (χ3n) is 4.67. The molecule has 1 aromatic carbocycles. The molecule has 3 rings (SSSR count). The number of amides is 3. The lowest BCUT2D eigenvalue weighted by Crippen LogP contribution is -2.45. The maximum atomic E-state index is 14.5. The van der Waals surface area contributed by atoms with Gasteiger partial charge in [0.1, 0.15) is 22.7 Å². The van der Waals surface area contributed by atoms with E-state index < -0.39 is 40.7 Å². The highest BCUT2D eigenvalue weighted by molar-refractivity contribution is 6.31. The van der Waals surface area contributed by atoms with Crippen LogP contribution in [0.3, 0.4) is 0 Å². The van der Waals surface area contributed by atoms with Crippen molar-refractivity contribution in [1.29, 1.82) is 0 Å². The van der Waals surface area contributed by atoms with Crippen molar-refractivity contribution in [2.75, 3.05) is 19.8 Å². The maximum absolute atomic E-state index is 14.5. The molecule has 0 saturated carbocycles. The van der Waals surface area contributed by atoms with Gasteiger partial charge >= 0.3 is 6.03 Å². The molecule has 2 heterocycles. The van der Waals surface area contributed by atoms with Crippen LogP contribution >= 0.6 is 11.6 Å². The summed E-state index contributed by atoms with van der Waals surface area (Å²) in [4.78, 5) is 23.7. The third-order valence-corrected chi connectivity index (χ3v) is 5.02. The molecular formula is C17H20ClF2N3O3. The van der Waals surface area contributed by atoms with Gasteiger partial charge in [-0.1, -0.05) is 17.7 Å². The van der Waals surface area contributed by atoms with Crippen LogP contribution in [0.1, 0.15) is 30.9 Å². The molecule has 3 atom stereocenters. The van der Waals surface area contributed by atoms with Gasteiger partial charge in [0.15, 0.2) is 0 Å². The van der Waals surface area contributed by atoms with Crippen LogP contribution < -0.4 is 16.0 Å². The highest BCUT2D eigenvalue weighted by Crippen LogP contribution is 2.31. The lowest BCUT2D eigenvalue weighted by atomic mass is 9.90. The first-order chi connectivity index (χ1) is 12.5. The average Bonchev–Trinajstić information content (AvgIpc) is 3.07. The van der Waals surface area contributed by atoms with E-state index >= 15 is 0 Å². The predicted molar refractivity (Wildman–Crippen MR) is 90.7 cm³/mol. The van der Waals surface area contributed by atoms with E-state index in [4.69, 9.17) is 16.3 Å². The summed E-state index contributed by atoms with van der Waals surface area (Å²) in [5.41, 5.74) is 0.118. The SMILES string of the molecule is O=C1NC[C@@H](C(=O)N[C@H](C[C@@H]2CCCOC2)c2ccc(F)c(Cl)c2F)N1. The first kappa shape index (κ1) is 18.8. The third kappa shape index (κ3) is 4.24. The van der Waals surface area contributed by atoms with Crippen LogP contribution in [0.5, 0.6) is 0 Å². The van der Waals surface area contributed by atoms with Crippen molar-refractivity contribution in [3.8, 4) is 0 Å². The Morgan fingerprint density at radius 2 is 2.23 bits per heavy atom. The Morgan fingerprint density at radius 3 is 2.88 bits per heavy atom.